The molecule has 0 fully saturated rings. The minimum Gasteiger partial charge on any atom is -0.357 e. The van der Waals surface area contributed by atoms with Crippen molar-refractivity contribution in [1.82, 2.24) is 10.6 Å². The van der Waals surface area contributed by atoms with E-state index in [0.717, 1.165) is 18.7 Å². The summed E-state index contributed by atoms with van der Waals surface area (Å²) in [6.07, 6.45) is 5.38. The highest BCUT2D eigenvalue weighted by Crippen LogP contribution is 2.13. The summed E-state index contributed by atoms with van der Waals surface area (Å²) in [7, 11) is 0. The van der Waals surface area contributed by atoms with E-state index >= 15 is 0 Å². The summed E-state index contributed by atoms with van der Waals surface area (Å²) in [5.74, 6) is 3.30. The Balaban J connectivity index is 0.00000392. The molecule has 0 aromatic heterocycles. The molecule has 0 aliphatic carbocycles. The van der Waals surface area contributed by atoms with Crippen LogP contribution in [0.3, 0.4) is 0 Å². The van der Waals surface area contributed by atoms with Crippen molar-refractivity contribution in [1.29, 1.82) is 0 Å². The number of nitrogens with zero attached hydrogens (tertiary/aromatic N) is 1. The zero-order valence-electron chi connectivity index (χ0n) is 16.2. The molecule has 0 spiro atoms. The van der Waals surface area contributed by atoms with Crippen LogP contribution in [0.5, 0.6) is 0 Å². The number of benzene rings is 2. The van der Waals surface area contributed by atoms with Gasteiger partial charge in [-0.05, 0) is 36.6 Å². The number of hydrogen-bond donors (Lipinski definition) is 3. The Bertz CT molecular complexity index is 815. The Morgan fingerprint density at radius 2 is 1.89 bits per heavy atom. The third kappa shape index (κ3) is 8.01. The van der Waals surface area contributed by atoms with Gasteiger partial charge < -0.3 is 16.0 Å². The summed E-state index contributed by atoms with van der Waals surface area (Å²) in [5, 5.41) is 9.26. The van der Waals surface area contributed by atoms with Gasteiger partial charge in [-0.15, -0.1) is 30.4 Å². The van der Waals surface area contributed by atoms with E-state index in [0.29, 0.717) is 17.6 Å². The van der Waals surface area contributed by atoms with Crippen LogP contribution >= 0.6 is 24.0 Å². The lowest BCUT2D eigenvalue weighted by molar-refractivity contribution is -0.114. The number of carbonyl (C=O) groups excluding carboxylic acids is 1. The molecule has 1 atom stereocenters. The minimum atomic E-state index is -0.197. The first-order valence-corrected chi connectivity index (χ1v) is 9.06. The van der Waals surface area contributed by atoms with Gasteiger partial charge in [0, 0.05) is 24.3 Å². The fourth-order valence-electron chi connectivity index (χ4n) is 2.53. The number of anilines is 1. The molecule has 5 nitrogen and oxygen atoms in total. The van der Waals surface area contributed by atoms with Gasteiger partial charge in [-0.2, -0.15) is 0 Å². The lowest BCUT2D eigenvalue weighted by Gasteiger charge is -2.16. The van der Waals surface area contributed by atoms with Crippen LogP contribution in [0.4, 0.5) is 5.69 Å². The zero-order valence-corrected chi connectivity index (χ0v) is 18.6. The zero-order chi connectivity index (χ0) is 19.5. The highest BCUT2D eigenvalue weighted by molar-refractivity contribution is 14.0. The van der Waals surface area contributed by atoms with Crippen LogP contribution < -0.4 is 16.0 Å². The molecule has 2 aromatic rings. The fourth-order valence-corrected chi connectivity index (χ4v) is 2.53. The van der Waals surface area contributed by atoms with Crippen LogP contribution in [0.2, 0.25) is 0 Å². The number of hydrogen-bond acceptors (Lipinski definition) is 2. The second-order valence-electron chi connectivity index (χ2n) is 6.16. The molecule has 0 saturated carbocycles. The molecule has 28 heavy (non-hydrogen) atoms. The second kappa shape index (κ2) is 12.8. The number of carbonyl (C=O) groups is 1. The molecule has 148 valence electrons. The van der Waals surface area contributed by atoms with E-state index in [1.807, 2.05) is 37.3 Å². The van der Waals surface area contributed by atoms with Gasteiger partial charge in [-0.1, -0.05) is 49.2 Å². The smallest absolute Gasteiger partial charge is 0.246 e. The van der Waals surface area contributed by atoms with E-state index in [-0.39, 0.29) is 36.4 Å². The predicted molar refractivity (Wildman–Crippen MR) is 127 cm³/mol. The van der Waals surface area contributed by atoms with Gasteiger partial charge in [-0.3, -0.25) is 4.79 Å². The van der Waals surface area contributed by atoms with E-state index in [4.69, 9.17) is 6.42 Å². The van der Waals surface area contributed by atoms with Crippen LogP contribution in [0.15, 0.2) is 59.6 Å². The summed E-state index contributed by atoms with van der Waals surface area (Å²) in [4.78, 5) is 16.5. The van der Waals surface area contributed by atoms with E-state index in [1.54, 1.807) is 12.1 Å². The number of amides is 1. The van der Waals surface area contributed by atoms with Gasteiger partial charge in [0.2, 0.25) is 5.91 Å². The van der Waals surface area contributed by atoms with E-state index < -0.39 is 0 Å². The Labute approximate surface area is 184 Å². The quantitative estimate of drug-likeness (QED) is 0.241. The van der Waals surface area contributed by atoms with Gasteiger partial charge in [0.1, 0.15) is 6.54 Å². The first-order valence-electron chi connectivity index (χ1n) is 9.06. The molecular formula is C22H27IN4O. The van der Waals surface area contributed by atoms with Gasteiger partial charge in [0.15, 0.2) is 5.96 Å². The average molecular weight is 490 g/mol. The maximum atomic E-state index is 12.2. The fraction of sp³-hybridized carbons (Fsp3) is 0.273. The third-order valence-corrected chi connectivity index (χ3v) is 3.98. The monoisotopic (exact) mass is 490 g/mol. The maximum absolute atomic E-state index is 12.2. The van der Waals surface area contributed by atoms with Crippen LogP contribution in [0.1, 0.15) is 30.9 Å². The van der Waals surface area contributed by atoms with Crippen molar-refractivity contribution >= 4 is 41.5 Å². The van der Waals surface area contributed by atoms with Crippen LogP contribution in [-0.2, 0) is 4.79 Å². The maximum Gasteiger partial charge on any atom is 0.246 e. The summed E-state index contributed by atoms with van der Waals surface area (Å²) in [6.45, 7) is 5.61. The molecule has 6 heteroatoms. The highest BCUT2D eigenvalue weighted by Gasteiger charge is 2.07. The average Bonchev–Trinajstić information content (AvgIpc) is 2.70. The number of terminal acetylenes is 1. The van der Waals surface area contributed by atoms with Gasteiger partial charge in [0.25, 0.3) is 0 Å². The third-order valence-electron chi connectivity index (χ3n) is 3.98. The van der Waals surface area contributed by atoms with Crippen LogP contribution in [-0.4, -0.2) is 31.5 Å². The lowest BCUT2D eigenvalue weighted by Crippen LogP contribution is -2.39. The molecule has 1 unspecified atom stereocenters. The summed E-state index contributed by atoms with van der Waals surface area (Å²) in [6, 6.07) is 17.5. The van der Waals surface area contributed by atoms with Gasteiger partial charge >= 0.3 is 0 Å². The van der Waals surface area contributed by atoms with Gasteiger partial charge in [0.05, 0.1) is 0 Å². The highest BCUT2D eigenvalue weighted by atomic mass is 127. The first-order chi connectivity index (χ1) is 13.1. The first kappa shape index (κ1) is 23.5. The number of halogens is 1. The molecule has 2 rings (SSSR count). The SMILES string of the molecule is C#Cc1cccc(NC(=O)CN=C(NCC)NCC(C)c2ccccc2)c1.I. The summed E-state index contributed by atoms with van der Waals surface area (Å²) in [5.41, 5.74) is 2.65. The largest absolute Gasteiger partial charge is 0.357 e. The number of aliphatic imine (C=N–C) groups is 1. The molecule has 0 heterocycles. The molecule has 0 radical (unpaired) electrons. The molecule has 0 saturated heterocycles. The normalized spacial score (nSPS) is 11.5. The van der Waals surface area contributed by atoms with E-state index in [2.05, 4.69) is 45.9 Å². The molecule has 2 aromatic carbocycles. The van der Waals surface area contributed by atoms with E-state index in [9.17, 15) is 4.79 Å². The second-order valence-corrected chi connectivity index (χ2v) is 6.16. The summed E-state index contributed by atoms with van der Waals surface area (Å²) < 4.78 is 0. The number of nitrogens with one attached hydrogen (secondary N) is 3. The van der Waals surface area contributed by atoms with Crippen molar-refractivity contribution in [2.75, 3.05) is 25.0 Å². The molecular weight excluding hydrogens is 463 g/mol. The molecule has 3 N–H and O–H groups in total. The van der Waals surface area contributed by atoms with Crippen molar-refractivity contribution in [2.24, 2.45) is 4.99 Å². The predicted octanol–water partition coefficient (Wildman–Crippen LogP) is 3.58. The van der Waals surface area contributed by atoms with Crippen molar-refractivity contribution in [3.8, 4) is 12.3 Å². The minimum absolute atomic E-state index is 0. The number of guanidine groups is 1. The standard InChI is InChI=1S/C22H26N4O.HI/c1-4-18-10-9-13-20(14-18)26-21(27)16-25-22(23-5-2)24-15-17(3)19-11-7-6-8-12-19;/h1,6-14,17H,5,15-16H2,2-3H3,(H,26,27)(H2,23,24,25);1H. The molecule has 1 amide bonds. The van der Waals surface area contributed by atoms with Crippen LogP contribution in [0.25, 0.3) is 0 Å². The Hall–Kier alpha value is -2.53. The van der Waals surface area contributed by atoms with Gasteiger partial charge in [-0.25, -0.2) is 4.99 Å². The van der Waals surface area contributed by atoms with Crippen molar-refractivity contribution < 1.29 is 4.79 Å². The van der Waals surface area contributed by atoms with E-state index in [1.165, 1.54) is 5.56 Å². The number of rotatable bonds is 7. The van der Waals surface area contributed by atoms with Crippen LogP contribution in [0, 0.1) is 12.3 Å². The summed E-state index contributed by atoms with van der Waals surface area (Å²) >= 11 is 0. The molecule has 0 aliphatic rings. The Morgan fingerprint density at radius 3 is 2.57 bits per heavy atom. The van der Waals surface area contributed by atoms with Crippen molar-refractivity contribution in [3.63, 3.8) is 0 Å². The molecule has 0 bridgehead atoms. The Kier molecular flexibility index (Phi) is 10.7. The molecule has 0 aliphatic heterocycles. The lowest BCUT2D eigenvalue weighted by atomic mass is 10.0. The van der Waals surface area contributed by atoms with Crippen molar-refractivity contribution in [2.45, 2.75) is 19.8 Å². The Morgan fingerprint density at radius 1 is 1.14 bits per heavy atom. The topological polar surface area (TPSA) is 65.5 Å². The van der Waals surface area contributed by atoms with Crippen molar-refractivity contribution in [3.05, 3.63) is 65.7 Å².